The number of hydrogen-bond acceptors (Lipinski definition) is 3. The van der Waals surface area contributed by atoms with Crippen molar-refractivity contribution in [2.75, 3.05) is 23.8 Å². The average Bonchev–Trinajstić information content (AvgIpc) is 1.96. The highest BCUT2D eigenvalue weighted by Crippen LogP contribution is 2.52. The Balaban J connectivity index is 2.75. The topological polar surface area (TPSA) is 58.0 Å². The van der Waals surface area contributed by atoms with Gasteiger partial charge >= 0.3 is 0 Å². The van der Waals surface area contributed by atoms with E-state index >= 15 is 0 Å². The minimum absolute atomic E-state index is 0.202. The van der Waals surface area contributed by atoms with Gasteiger partial charge in [-0.2, -0.15) is 0 Å². The van der Waals surface area contributed by atoms with Crippen molar-refractivity contribution in [2.45, 2.75) is 19.5 Å². The van der Waals surface area contributed by atoms with Crippen molar-refractivity contribution in [1.29, 1.82) is 4.78 Å². The molecule has 1 rings (SSSR count). The summed E-state index contributed by atoms with van der Waals surface area (Å²) >= 11 is 0. The zero-order valence-corrected chi connectivity index (χ0v) is 9.29. The molecule has 0 radical (unpaired) electrons. The van der Waals surface area contributed by atoms with E-state index in [1.807, 2.05) is 13.8 Å². The van der Waals surface area contributed by atoms with Crippen molar-refractivity contribution >= 4 is 16.9 Å². The van der Waals surface area contributed by atoms with Gasteiger partial charge in [-0.15, -0.1) is 0 Å². The monoisotopic (exact) mass is 209 g/mol. The fourth-order valence-corrected chi connectivity index (χ4v) is 7.63. The molecule has 5 heteroatoms. The van der Waals surface area contributed by atoms with Gasteiger partial charge in [0.1, 0.15) is 0 Å². The lowest BCUT2D eigenvalue weighted by atomic mass is 10.6. The van der Waals surface area contributed by atoms with Crippen LogP contribution < -0.4 is 0 Å². The molecule has 1 aliphatic heterocycles. The Hall–Kier alpha value is 0.180. The predicted octanol–water partition coefficient (Wildman–Crippen LogP) is 1.82. The first kappa shape index (κ1) is 10.3. The quantitative estimate of drug-likeness (QED) is 0.669. The molecule has 0 saturated carbocycles. The van der Waals surface area contributed by atoms with Crippen LogP contribution in [0.2, 0.25) is 0 Å². The van der Waals surface area contributed by atoms with Crippen LogP contribution >= 0.6 is 7.14 Å². The zero-order chi connectivity index (χ0) is 9.41. The molecule has 1 heterocycles. The van der Waals surface area contributed by atoms with E-state index in [1.165, 1.54) is 0 Å². The summed E-state index contributed by atoms with van der Waals surface area (Å²) in [7, 11) is -4.42. The molecule has 3 nitrogen and oxygen atoms in total. The van der Waals surface area contributed by atoms with Gasteiger partial charge in [0.05, 0.1) is 7.14 Å². The molecule has 0 aromatic rings. The second-order valence-electron chi connectivity index (χ2n) is 3.71. The summed E-state index contributed by atoms with van der Waals surface area (Å²) < 4.78 is 30.6. The Morgan fingerprint density at radius 3 is 2.08 bits per heavy atom. The third-order valence-electron chi connectivity index (χ3n) is 2.54. The number of hydrogen-bond donors (Lipinski definition) is 1. The summed E-state index contributed by atoms with van der Waals surface area (Å²) in [4.78, 5) is 0. The molecule has 0 spiro atoms. The Morgan fingerprint density at radius 2 is 1.75 bits per heavy atom. The highest BCUT2D eigenvalue weighted by Gasteiger charge is 2.32. The van der Waals surface area contributed by atoms with Gasteiger partial charge < -0.3 is 4.57 Å². The van der Waals surface area contributed by atoms with E-state index in [0.29, 0.717) is 23.8 Å². The summed E-state index contributed by atoms with van der Waals surface area (Å²) in [6, 6.07) is 0. The lowest BCUT2D eigenvalue weighted by Gasteiger charge is -2.27. The smallest absolute Gasteiger partial charge is 0.0920 e. The van der Waals surface area contributed by atoms with Gasteiger partial charge in [0.2, 0.25) is 0 Å². The van der Waals surface area contributed by atoms with E-state index in [0.717, 1.165) is 0 Å². The van der Waals surface area contributed by atoms with Gasteiger partial charge in [-0.25, -0.2) is 4.21 Å². The Kier molecular flexibility index (Phi) is 2.69. The van der Waals surface area contributed by atoms with E-state index in [4.69, 9.17) is 4.78 Å². The molecule has 1 N–H and O–H groups in total. The van der Waals surface area contributed by atoms with Gasteiger partial charge in [0.25, 0.3) is 0 Å². The van der Waals surface area contributed by atoms with Crippen LogP contribution in [0.15, 0.2) is 0 Å². The van der Waals surface area contributed by atoms with E-state index < -0.39 is 16.9 Å². The van der Waals surface area contributed by atoms with Gasteiger partial charge in [-0.3, -0.25) is 4.78 Å². The fraction of sp³-hybridized carbons (Fsp3) is 1.00. The van der Waals surface area contributed by atoms with Crippen molar-refractivity contribution in [2.24, 2.45) is 0 Å². The van der Waals surface area contributed by atoms with Crippen LogP contribution in [0.25, 0.3) is 0 Å². The molecule has 0 amide bonds. The lowest BCUT2D eigenvalue weighted by molar-refractivity contribution is 0.568. The van der Waals surface area contributed by atoms with Gasteiger partial charge in [-0.05, 0) is 0 Å². The molecular weight excluding hydrogens is 193 g/mol. The molecule has 0 unspecified atom stereocenters. The summed E-state index contributed by atoms with van der Waals surface area (Å²) in [5.41, 5.74) is 0.202. The van der Waals surface area contributed by atoms with Crippen LogP contribution in [-0.2, 0) is 14.3 Å². The first-order chi connectivity index (χ1) is 5.36. The van der Waals surface area contributed by atoms with Crippen molar-refractivity contribution in [3.05, 3.63) is 0 Å². The van der Waals surface area contributed by atoms with Crippen LogP contribution in [-0.4, -0.2) is 33.7 Å². The number of nitrogens with one attached hydrogen (secondary N) is 1. The van der Waals surface area contributed by atoms with E-state index in [2.05, 4.69) is 0 Å². The maximum Gasteiger partial charge on any atom is 0.0920 e. The second kappa shape index (κ2) is 3.15. The van der Waals surface area contributed by atoms with Gasteiger partial charge in [0.15, 0.2) is 0 Å². The van der Waals surface area contributed by atoms with Gasteiger partial charge in [-0.1, -0.05) is 13.8 Å². The minimum atomic E-state index is -2.36. The average molecular weight is 209 g/mol. The normalized spacial score (nSPS) is 43.2. The molecule has 1 aliphatic rings. The van der Waals surface area contributed by atoms with Crippen LogP contribution in [0.5, 0.6) is 0 Å². The maximum atomic E-state index is 12.0. The number of rotatable bonds is 1. The van der Waals surface area contributed by atoms with Gasteiger partial charge in [0, 0.05) is 39.2 Å². The van der Waals surface area contributed by atoms with Crippen LogP contribution in [0.3, 0.4) is 0 Å². The van der Waals surface area contributed by atoms with Crippen LogP contribution in [0, 0.1) is 4.78 Å². The Morgan fingerprint density at radius 1 is 1.33 bits per heavy atom. The van der Waals surface area contributed by atoms with Crippen molar-refractivity contribution in [3.8, 4) is 0 Å². The Bertz CT molecular complexity index is 289. The third kappa shape index (κ3) is 2.11. The molecule has 0 aromatic heterocycles. The summed E-state index contributed by atoms with van der Waals surface area (Å²) in [5, 5.41) is 0. The Labute approximate surface area is 74.3 Å². The molecule has 12 heavy (non-hydrogen) atoms. The third-order valence-corrected chi connectivity index (χ3v) is 8.72. The predicted molar refractivity (Wildman–Crippen MR) is 53.1 cm³/mol. The molecule has 0 atom stereocenters. The fourth-order valence-electron chi connectivity index (χ4n) is 1.33. The molecule has 0 bridgehead atoms. The van der Waals surface area contributed by atoms with Crippen LogP contribution in [0.1, 0.15) is 13.8 Å². The second-order valence-corrected chi connectivity index (χ2v) is 9.99. The molecular formula is C7H16NO2PS. The largest absolute Gasteiger partial charge is 0.323 e. The first-order valence-electron chi connectivity index (χ1n) is 4.18. The molecule has 0 aliphatic carbocycles. The summed E-state index contributed by atoms with van der Waals surface area (Å²) in [6.45, 7) is 3.91. The molecule has 1 saturated heterocycles. The van der Waals surface area contributed by atoms with Crippen molar-refractivity contribution in [3.63, 3.8) is 0 Å². The van der Waals surface area contributed by atoms with E-state index in [-0.39, 0.29) is 5.66 Å². The van der Waals surface area contributed by atoms with E-state index in [9.17, 15) is 8.77 Å². The standard InChI is InChI=1S/C7H16NO2PS/c1-7(2)11(9)3-5-12(8,10)6-4-11/h7-8H,3-6H2,1-2H3. The van der Waals surface area contributed by atoms with Crippen molar-refractivity contribution < 1.29 is 8.77 Å². The zero-order valence-electron chi connectivity index (χ0n) is 7.58. The molecule has 72 valence electrons. The SMILES string of the molecule is CC(C)P1(=O)CCS(=N)(=O)CC1. The van der Waals surface area contributed by atoms with Crippen LogP contribution in [0.4, 0.5) is 0 Å². The molecule has 1 fully saturated rings. The summed E-state index contributed by atoms with van der Waals surface area (Å²) in [5.74, 6) is 0.699. The highest BCUT2D eigenvalue weighted by atomic mass is 32.2. The molecule has 0 aromatic carbocycles. The van der Waals surface area contributed by atoms with Crippen molar-refractivity contribution in [1.82, 2.24) is 0 Å². The maximum absolute atomic E-state index is 12.0. The minimum Gasteiger partial charge on any atom is -0.323 e. The lowest BCUT2D eigenvalue weighted by Crippen LogP contribution is -2.25. The summed E-state index contributed by atoms with van der Waals surface area (Å²) in [6.07, 6.45) is 1.04. The highest BCUT2D eigenvalue weighted by molar-refractivity contribution is 7.94. The first-order valence-corrected chi connectivity index (χ1v) is 8.22. The van der Waals surface area contributed by atoms with E-state index in [1.54, 1.807) is 0 Å².